The van der Waals surface area contributed by atoms with Gasteiger partial charge in [0.1, 0.15) is 12.5 Å². The maximum Gasteiger partial charge on any atom is 0.144 e. The van der Waals surface area contributed by atoms with Gasteiger partial charge in [0.25, 0.3) is 0 Å². The van der Waals surface area contributed by atoms with Crippen molar-refractivity contribution in [2.24, 2.45) is 5.92 Å². The van der Waals surface area contributed by atoms with E-state index in [1.807, 2.05) is 32.2 Å². The highest BCUT2D eigenvalue weighted by Gasteiger charge is 2.18. The first kappa shape index (κ1) is 14.2. The lowest BCUT2D eigenvalue weighted by molar-refractivity contribution is 0.0887. The van der Waals surface area contributed by atoms with Gasteiger partial charge >= 0.3 is 0 Å². The van der Waals surface area contributed by atoms with Crippen molar-refractivity contribution in [1.29, 1.82) is 0 Å². The Morgan fingerprint density at radius 2 is 2.11 bits per heavy atom. The molecule has 0 aromatic heterocycles. The number of rotatable bonds is 5. The largest absolute Gasteiger partial charge is 0.476 e. The van der Waals surface area contributed by atoms with Crippen LogP contribution in [-0.4, -0.2) is 38.3 Å². The van der Waals surface area contributed by atoms with Crippen LogP contribution in [0.15, 0.2) is 18.2 Å². The quantitative estimate of drug-likeness (QED) is 0.796. The molecule has 0 spiro atoms. The molecule has 0 bridgehead atoms. The van der Waals surface area contributed by atoms with Gasteiger partial charge in [0, 0.05) is 13.1 Å². The van der Waals surface area contributed by atoms with Gasteiger partial charge in [0.15, 0.2) is 0 Å². The summed E-state index contributed by atoms with van der Waals surface area (Å²) < 4.78 is 5.81. The molecule has 1 aromatic carbocycles. The van der Waals surface area contributed by atoms with Gasteiger partial charge in [-0.3, -0.25) is 4.90 Å². The fourth-order valence-electron chi connectivity index (χ4n) is 2.57. The average molecular weight is 263 g/mol. The van der Waals surface area contributed by atoms with Crippen LogP contribution in [0, 0.1) is 12.8 Å². The minimum absolute atomic E-state index is 0.638. The Bertz CT molecular complexity index is 400. The van der Waals surface area contributed by atoms with Crippen LogP contribution >= 0.6 is 0 Å². The molecule has 0 unspecified atom stereocenters. The zero-order valence-electron chi connectivity index (χ0n) is 12.0. The molecule has 3 N–H and O–H groups in total. The van der Waals surface area contributed by atoms with Crippen molar-refractivity contribution in [2.75, 3.05) is 39.1 Å². The van der Waals surface area contributed by atoms with E-state index in [4.69, 9.17) is 10.5 Å². The Labute approximate surface area is 115 Å². The van der Waals surface area contributed by atoms with E-state index in [2.05, 4.69) is 10.2 Å². The predicted molar refractivity (Wildman–Crippen MR) is 79.3 cm³/mol. The van der Waals surface area contributed by atoms with Crippen LogP contribution < -0.4 is 15.8 Å². The lowest BCUT2D eigenvalue weighted by Crippen LogP contribution is -2.38. The highest BCUT2D eigenvalue weighted by molar-refractivity contribution is 5.53. The third-order valence-electron chi connectivity index (χ3n) is 3.77. The predicted octanol–water partition coefficient (Wildman–Crippen LogP) is 1.84. The molecule has 1 aliphatic heterocycles. The molecule has 1 aliphatic rings. The molecule has 2 rings (SSSR count). The first-order valence-electron chi connectivity index (χ1n) is 7.05. The fourth-order valence-corrected chi connectivity index (χ4v) is 2.57. The van der Waals surface area contributed by atoms with Crippen LogP contribution in [0.4, 0.5) is 5.69 Å². The molecule has 19 heavy (non-hydrogen) atoms. The summed E-state index contributed by atoms with van der Waals surface area (Å²) in [5.41, 5.74) is 7.84. The van der Waals surface area contributed by atoms with E-state index in [1.54, 1.807) is 0 Å². The second kappa shape index (κ2) is 6.78. The summed E-state index contributed by atoms with van der Waals surface area (Å²) in [5, 5.41) is 3.26. The van der Waals surface area contributed by atoms with E-state index in [9.17, 15) is 0 Å². The van der Waals surface area contributed by atoms with Gasteiger partial charge in [-0.25, -0.2) is 0 Å². The summed E-state index contributed by atoms with van der Waals surface area (Å²) in [6.45, 7) is 6.02. The van der Waals surface area contributed by atoms with Gasteiger partial charge in [-0.1, -0.05) is 6.07 Å². The molecule has 0 radical (unpaired) electrons. The average Bonchev–Trinajstić information content (AvgIpc) is 2.40. The van der Waals surface area contributed by atoms with E-state index in [1.165, 1.54) is 12.8 Å². The van der Waals surface area contributed by atoms with E-state index in [0.29, 0.717) is 6.73 Å². The van der Waals surface area contributed by atoms with Gasteiger partial charge in [-0.05, 0) is 57.0 Å². The topological polar surface area (TPSA) is 50.5 Å². The summed E-state index contributed by atoms with van der Waals surface area (Å²) in [6.07, 6.45) is 2.49. The smallest absolute Gasteiger partial charge is 0.144 e. The van der Waals surface area contributed by atoms with Crippen LogP contribution in [0.5, 0.6) is 5.75 Å². The summed E-state index contributed by atoms with van der Waals surface area (Å²) >= 11 is 0. The normalized spacial score (nSPS) is 17.6. The minimum Gasteiger partial charge on any atom is -0.476 e. The number of nitrogens with zero attached hydrogens (tertiary/aromatic N) is 1. The van der Waals surface area contributed by atoms with Crippen molar-refractivity contribution in [3.8, 4) is 5.75 Å². The number of ether oxygens (including phenoxy) is 1. The third kappa shape index (κ3) is 4.11. The molecule has 1 fully saturated rings. The number of anilines is 1. The van der Waals surface area contributed by atoms with Crippen molar-refractivity contribution in [3.05, 3.63) is 23.8 Å². The Morgan fingerprint density at radius 1 is 1.37 bits per heavy atom. The van der Waals surface area contributed by atoms with Crippen LogP contribution in [0.3, 0.4) is 0 Å². The number of nitrogens with two attached hydrogens (primary N) is 1. The zero-order valence-corrected chi connectivity index (χ0v) is 12.0. The maximum absolute atomic E-state index is 5.95. The van der Waals surface area contributed by atoms with Crippen LogP contribution in [-0.2, 0) is 0 Å². The molecule has 4 nitrogen and oxygen atoms in total. The molecule has 4 heteroatoms. The molecule has 1 heterocycles. The van der Waals surface area contributed by atoms with Crippen molar-refractivity contribution in [2.45, 2.75) is 19.8 Å². The third-order valence-corrected chi connectivity index (χ3v) is 3.77. The Hall–Kier alpha value is -1.26. The van der Waals surface area contributed by atoms with Crippen molar-refractivity contribution >= 4 is 5.69 Å². The molecule has 106 valence electrons. The minimum atomic E-state index is 0.638. The number of hydrogen-bond donors (Lipinski definition) is 2. The van der Waals surface area contributed by atoms with Crippen LogP contribution in [0.1, 0.15) is 18.4 Å². The lowest BCUT2D eigenvalue weighted by Gasteiger charge is -2.31. The number of likely N-dealkylation sites (tertiary alicyclic amines) is 1. The van der Waals surface area contributed by atoms with E-state index >= 15 is 0 Å². The lowest BCUT2D eigenvalue weighted by atomic mass is 9.97. The molecule has 0 saturated carbocycles. The van der Waals surface area contributed by atoms with E-state index < -0.39 is 0 Å². The van der Waals surface area contributed by atoms with Gasteiger partial charge in [-0.15, -0.1) is 0 Å². The van der Waals surface area contributed by atoms with E-state index in [-0.39, 0.29) is 0 Å². The molecule has 0 amide bonds. The summed E-state index contributed by atoms with van der Waals surface area (Å²) in [6, 6.07) is 5.94. The fraction of sp³-hybridized carbons (Fsp3) is 0.600. The SMILES string of the molecule is CNCC1CCN(COc2ccc(C)cc2N)CC1. The Morgan fingerprint density at radius 3 is 2.74 bits per heavy atom. The first-order chi connectivity index (χ1) is 9.19. The molecule has 0 aliphatic carbocycles. The number of nitrogens with one attached hydrogen (secondary N) is 1. The van der Waals surface area contributed by atoms with Crippen molar-refractivity contribution in [3.63, 3.8) is 0 Å². The highest BCUT2D eigenvalue weighted by atomic mass is 16.5. The van der Waals surface area contributed by atoms with Gasteiger partial charge in [-0.2, -0.15) is 0 Å². The summed E-state index contributed by atoms with van der Waals surface area (Å²) in [7, 11) is 2.02. The van der Waals surface area contributed by atoms with Crippen LogP contribution in [0.2, 0.25) is 0 Å². The Kier molecular flexibility index (Phi) is 5.05. The van der Waals surface area contributed by atoms with Crippen molar-refractivity contribution < 1.29 is 4.74 Å². The van der Waals surface area contributed by atoms with Gasteiger partial charge in [0.2, 0.25) is 0 Å². The van der Waals surface area contributed by atoms with Gasteiger partial charge in [0.05, 0.1) is 5.69 Å². The number of piperidine rings is 1. The first-order valence-corrected chi connectivity index (χ1v) is 7.05. The molecule has 1 saturated heterocycles. The second-order valence-electron chi connectivity index (χ2n) is 5.43. The number of benzene rings is 1. The Balaban J connectivity index is 1.77. The monoisotopic (exact) mass is 263 g/mol. The maximum atomic E-state index is 5.95. The second-order valence-corrected chi connectivity index (χ2v) is 5.43. The van der Waals surface area contributed by atoms with Crippen LogP contribution in [0.25, 0.3) is 0 Å². The summed E-state index contributed by atoms with van der Waals surface area (Å²) in [5.74, 6) is 1.61. The number of hydrogen-bond acceptors (Lipinski definition) is 4. The molecular formula is C15H25N3O. The molecule has 0 atom stereocenters. The van der Waals surface area contributed by atoms with E-state index in [0.717, 1.165) is 42.6 Å². The molecular weight excluding hydrogens is 238 g/mol. The summed E-state index contributed by atoms with van der Waals surface area (Å²) in [4.78, 5) is 2.35. The highest BCUT2D eigenvalue weighted by Crippen LogP contribution is 2.23. The molecule has 1 aromatic rings. The van der Waals surface area contributed by atoms with Gasteiger partial charge < -0.3 is 15.8 Å². The number of aryl methyl sites for hydroxylation is 1. The zero-order chi connectivity index (χ0) is 13.7. The standard InChI is InChI=1S/C15H25N3O/c1-12-3-4-15(14(16)9-12)19-11-18-7-5-13(6-8-18)10-17-2/h3-4,9,13,17H,5-8,10-11,16H2,1-2H3. The van der Waals surface area contributed by atoms with Crippen molar-refractivity contribution in [1.82, 2.24) is 10.2 Å². The number of nitrogen functional groups attached to an aromatic ring is 1.